The molecule has 1 saturated heterocycles. The van der Waals surface area contributed by atoms with E-state index in [4.69, 9.17) is 9.47 Å². The van der Waals surface area contributed by atoms with Crippen LogP contribution >= 0.6 is 0 Å². The third-order valence-electron chi connectivity index (χ3n) is 2.80. The van der Waals surface area contributed by atoms with Crippen LogP contribution < -0.4 is 0 Å². The van der Waals surface area contributed by atoms with Crippen molar-refractivity contribution >= 4 is 0 Å². The van der Waals surface area contributed by atoms with Gasteiger partial charge in [0.15, 0.2) is 0 Å². The van der Waals surface area contributed by atoms with Crippen molar-refractivity contribution < 1.29 is 9.47 Å². The Morgan fingerprint density at radius 2 is 1.80 bits per heavy atom. The lowest BCUT2D eigenvalue weighted by Gasteiger charge is -2.07. The molecule has 2 heteroatoms. The minimum Gasteiger partial charge on any atom is -0.381 e. The fourth-order valence-corrected chi connectivity index (χ4v) is 2.13. The van der Waals surface area contributed by atoms with Gasteiger partial charge in [-0.15, -0.1) is 0 Å². The second kappa shape index (κ2) is 2.51. The van der Waals surface area contributed by atoms with Gasteiger partial charge in [0.25, 0.3) is 0 Å². The van der Waals surface area contributed by atoms with Crippen LogP contribution in [0.25, 0.3) is 0 Å². The van der Waals surface area contributed by atoms with Crippen LogP contribution in [0.4, 0.5) is 0 Å². The molecule has 0 N–H and O–H groups in total. The first-order valence-electron chi connectivity index (χ1n) is 4.00. The molecular weight excluding hydrogens is 128 g/mol. The molecule has 2 atom stereocenters. The Morgan fingerprint density at radius 3 is 2.30 bits per heavy atom. The monoisotopic (exact) mass is 142 g/mol. The van der Waals surface area contributed by atoms with Crippen molar-refractivity contribution in [3.63, 3.8) is 0 Å². The Labute approximate surface area is 61.5 Å². The molecule has 0 aromatic heterocycles. The van der Waals surface area contributed by atoms with Crippen LogP contribution in [0.1, 0.15) is 12.8 Å². The van der Waals surface area contributed by atoms with Crippen molar-refractivity contribution in [2.75, 3.05) is 20.3 Å². The van der Waals surface area contributed by atoms with Gasteiger partial charge in [-0.05, 0) is 24.7 Å². The zero-order chi connectivity index (χ0) is 6.97. The van der Waals surface area contributed by atoms with E-state index in [-0.39, 0.29) is 0 Å². The summed E-state index contributed by atoms with van der Waals surface area (Å²) in [6.45, 7) is 1.95. The summed E-state index contributed by atoms with van der Waals surface area (Å²) < 4.78 is 10.6. The van der Waals surface area contributed by atoms with Crippen molar-refractivity contribution in [1.82, 2.24) is 0 Å². The maximum Gasteiger partial charge on any atom is 0.0578 e. The standard InChI is InChI=1S/C8H14O2/c1-9-8-2-6-4-10-5-7(6)3-8/h6-8H,2-5H2,1H3/t6-,7-/m0/s1. The average molecular weight is 142 g/mol. The van der Waals surface area contributed by atoms with E-state index in [0.29, 0.717) is 6.10 Å². The molecule has 2 nitrogen and oxygen atoms in total. The summed E-state index contributed by atoms with van der Waals surface area (Å²) in [6, 6.07) is 0. The van der Waals surface area contributed by atoms with Crippen molar-refractivity contribution in [1.29, 1.82) is 0 Å². The van der Waals surface area contributed by atoms with Crippen LogP contribution in [0.3, 0.4) is 0 Å². The van der Waals surface area contributed by atoms with Gasteiger partial charge < -0.3 is 9.47 Å². The molecule has 0 radical (unpaired) electrons. The molecule has 10 heavy (non-hydrogen) atoms. The molecule has 2 aliphatic rings. The number of fused-ring (bicyclic) bond motifs is 1. The second-order valence-electron chi connectivity index (χ2n) is 3.39. The molecule has 1 heterocycles. The molecule has 1 aliphatic carbocycles. The van der Waals surface area contributed by atoms with Crippen LogP contribution in [0.2, 0.25) is 0 Å². The maximum atomic E-state index is 5.35. The van der Waals surface area contributed by atoms with Crippen molar-refractivity contribution in [3.05, 3.63) is 0 Å². The normalized spacial score (nSPS) is 40.5. The van der Waals surface area contributed by atoms with E-state index in [2.05, 4.69) is 0 Å². The Balaban J connectivity index is 1.94. The quantitative estimate of drug-likeness (QED) is 0.545. The lowest BCUT2D eigenvalue weighted by molar-refractivity contribution is 0.0825. The predicted molar refractivity (Wildman–Crippen MR) is 37.8 cm³/mol. The molecular formula is C8H14O2. The van der Waals surface area contributed by atoms with Crippen LogP contribution in [-0.2, 0) is 9.47 Å². The summed E-state index contributed by atoms with van der Waals surface area (Å²) in [5, 5.41) is 0. The van der Waals surface area contributed by atoms with E-state index in [1.807, 2.05) is 7.11 Å². The van der Waals surface area contributed by atoms with Crippen LogP contribution in [0.15, 0.2) is 0 Å². The maximum absolute atomic E-state index is 5.35. The summed E-state index contributed by atoms with van der Waals surface area (Å²) >= 11 is 0. The Hall–Kier alpha value is -0.0800. The lowest BCUT2D eigenvalue weighted by Crippen LogP contribution is -2.07. The third-order valence-corrected chi connectivity index (χ3v) is 2.80. The van der Waals surface area contributed by atoms with Crippen LogP contribution in [-0.4, -0.2) is 26.4 Å². The number of ether oxygens (including phenoxy) is 2. The minimum absolute atomic E-state index is 0.527. The summed E-state index contributed by atoms with van der Waals surface area (Å²) in [5.41, 5.74) is 0. The van der Waals surface area contributed by atoms with Crippen molar-refractivity contribution in [3.8, 4) is 0 Å². The first kappa shape index (κ1) is 6.62. The van der Waals surface area contributed by atoms with E-state index < -0.39 is 0 Å². The molecule has 2 rings (SSSR count). The fourth-order valence-electron chi connectivity index (χ4n) is 2.13. The second-order valence-corrected chi connectivity index (χ2v) is 3.39. The van der Waals surface area contributed by atoms with Crippen LogP contribution in [0.5, 0.6) is 0 Å². The molecule has 0 aromatic carbocycles. The topological polar surface area (TPSA) is 18.5 Å². The zero-order valence-electron chi connectivity index (χ0n) is 6.38. The van der Waals surface area contributed by atoms with E-state index in [1.54, 1.807) is 0 Å². The molecule has 2 fully saturated rings. The lowest BCUT2D eigenvalue weighted by atomic mass is 10.0. The van der Waals surface area contributed by atoms with Crippen LogP contribution in [0, 0.1) is 11.8 Å². The van der Waals surface area contributed by atoms with Gasteiger partial charge in [0.2, 0.25) is 0 Å². The molecule has 0 spiro atoms. The molecule has 0 bridgehead atoms. The third kappa shape index (κ3) is 0.956. The predicted octanol–water partition coefficient (Wildman–Crippen LogP) is 1.06. The largest absolute Gasteiger partial charge is 0.381 e. The van der Waals surface area contributed by atoms with Gasteiger partial charge in [-0.2, -0.15) is 0 Å². The molecule has 0 aromatic rings. The highest BCUT2D eigenvalue weighted by Crippen LogP contribution is 2.37. The van der Waals surface area contributed by atoms with Crippen molar-refractivity contribution in [2.24, 2.45) is 11.8 Å². The number of hydrogen-bond donors (Lipinski definition) is 0. The number of hydrogen-bond acceptors (Lipinski definition) is 2. The minimum atomic E-state index is 0.527. The highest BCUT2D eigenvalue weighted by atomic mass is 16.5. The molecule has 0 unspecified atom stereocenters. The van der Waals surface area contributed by atoms with E-state index in [1.165, 1.54) is 12.8 Å². The summed E-state index contributed by atoms with van der Waals surface area (Å²) in [6.07, 6.45) is 2.97. The molecule has 58 valence electrons. The fraction of sp³-hybridized carbons (Fsp3) is 1.00. The van der Waals surface area contributed by atoms with Gasteiger partial charge in [0.1, 0.15) is 0 Å². The summed E-state index contributed by atoms with van der Waals surface area (Å²) in [7, 11) is 1.81. The number of rotatable bonds is 1. The highest BCUT2D eigenvalue weighted by molar-refractivity contribution is 4.86. The zero-order valence-corrected chi connectivity index (χ0v) is 6.38. The van der Waals surface area contributed by atoms with E-state index in [0.717, 1.165) is 25.0 Å². The SMILES string of the molecule is COC1C[C@H]2COC[C@@H]2C1. The van der Waals surface area contributed by atoms with E-state index in [9.17, 15) is 0 Å². The average Bonchev–Trinajstić information content (AvgIpc) is 2.42. The van der Waals surface area contributed by atoms with Crippen molar-refractivity contribution in [2.45, 2.75) is 18.9 Å². The summed E-state index contributed by atoms with van der Waals surface area (Å²) in [5.74, 6) is 1.62. The van der Waals surface area contributed by atoms with Gasteiger partial charge in [-0.25, -0.2) is 0 Å². The van der Waals surface area contributed by atoms with Gasteiger partial charge >= 0.3 is 0 Å². The molecule has 1 saturated carbocycles. The number of methoxy groups -OCH3 is 1. The Morgan fingerprint density at radius 1 is 1.20 bits per heavy atom. The first-order valence-corrected chi connectivity index (χ1v) is 4.00. The van der Waals surface area contributed by atoms with Gasteiger partial charge in [-0.1, -0.05) is 0 Å². The summed E-state index contributed by atoms with van der Waals surface area (Å²) in [4.78, 5) is 0. The van der Waals surface area contributed by atoms with Gasteiger partial charge in [0, 0.05) is 20.3 Å². The Kier molecular flexibility index (Phi) is 1.66. The van der Waals surface area contributed by atoms with Gasteiger partial charge in [-0.3, -0.25) is 0 Å². The molecule has 1 aliphatic heterocycles. The molecule has 0 amide bonds. The van der Waals surface area contributed by atoms with Gasteiger partial charge in [0.05, 0.1) is 6.10 Å². The highest BCUT2D eigenvalue weighted by Gasteiger charge is 2.38. The van der Waals surface area contributed by atoms with E-state index >= 15 is 0 Å². The smallest absolute Gasteiger partial charge is 0.0578 e. The first-order chi connectivity index (χ1) is 4.90. The Bertz CT molecular complexity index is 112.